The number of nitrogens with zero attached hydrogens (tertiary/aromatic N) is 2. The van der Waals surface area contributed by atoms with Crippen molar-refractivity contribution >= 4 is 23.6 Å². The van der Waals surface area contributed by atoms with Crippen molar-refractivity contribution in [2.75, 3.05) is 11.9 Å². The summed E-state index contributed by atoms with van der Waals surface area (Å²) in [6.07, 6.45) is 11.7. The average Bonchev–Trinajstić information content (AvgIpc) is 3.38. The molecule has 0 spiro atoms. The Morgan fingerprint density at radius 3 is 2.61 bits per heavy atom. The molecule has 1 aromatic heterocycles. The van der Waals surface area contributed by atoms with Gasteiger partial charge in [-0.1, -0.05) is 37.5 Å². The molecule has 1 atom stereocenters. The number of likely N-dealkylation sites (tertiary alicyclic amines) is 1. The fourth-order valence-electron chi connectivity index (χ4n) is 5.55. The molecule has 176 valence electrons. The van der Waals surface area contributed by atoms with Gasteiger partial charge in [0.15, 0.2) is 0 Å². The number of carbonyl (C=O) groups is 2. The molecule has 2 aliphatic rings. The standard InChI is InChI=1S/C27H36N4O2/c1-19-17-21(20(2)31(19)23-10-4-3-5-11-23)14-15-26(32)29-24-12-7-6-9-22(24)18-30-16-8-13-25(30)27(28)33/h6-7,9,12,14-15,17,23,25H,3-5,8,10-11,13,16,18H2,1-2H3,(H2,28,33)(H,29,32)/b15-14+. The maximum Gasteiger partial charge on any atom is 0.248 e. The fourth-order valence-corrected chi connectivity index (χ4v) is 5.55. The molecule has 3 N–H and O–H groups in total. The van der Waals surface area contributed by atoms with Crippen molar-refractivity contribution in [2.45, 2.75) is 77.4 Å². The van der Waals surface area contributed by atoms with Crippen molar-refractivity contribution in [3.63, 3.8) is 0 Å². The maximum absolute atomic E-state index is 12.8. The summed E-state index contributed by atoms with van der Waals surface area (Å²) < 4.78 is 2.46. The van der Waals surface area contributed by atoms with Crippen LogP contribution in [0.25, 0.3) is 6.08 Å². The summed E-state index contributed by atoms with van der Waals surface area (Å²) in [5, 5.41) is 3.03. The van der Waals surface area contributed by atoms with Crippen LogP contribution in [-0.4, -0.2) is 33.9 Å². The molecule has 1 aliphatic carbocycles. The summed E-state index contributed by atoms with van der Waals surface area (Å²) in [5.74, 6) is -0.430. The van der Waals surface area contributed by atoms with Crippen LogP contribution in [0.15, 0.2) is 36.4 Å². The third-order valence-electron chi connectivity index (χ3n) is 7.22. The van der Waals surface area contributed by atoms with E-state index >= 15 is 0 Å². The Hall–Kier alpha value is -2.86. The van der Waals surface area contributed by atoms with Crippen LogP contribution in [0.2, 0.25) is 0 Å². The zero-order valence-electron chi connectivity index (χ0n) is 19.8. The van der Waals surface area contributed by atoms with E-state index in [2.05, 4.69) is 34.7 Å². The number of nitrogens with two attached hydrogens (primary N) is 1. The van der Waals surface area contributed by atoms with Crippen LogP contribution in [0, 0.1) is 13.8 Å². The predicted molar refractivity (Wildman–Crippen MR) is 133 cm³/mol. The van der Waals surface area contributed by atoms with Gasteiger partial charge in [0.25, 0.3) is 0 Å². The second kappa shape index (κ2) is 10.4. The Morgan fingerprint density at radius 2 is 1.85 bits per heavy atom. The van der Waals surface area contributed by atoms with E-state index in [4.69, 9.17) is 5.73 Å². The number of amides is 2. The van der Waals surface area contributed by atoms with E-state index in [0.717, 1.165) is 36.2 Å². The monoisotopic (exact) mass is 448 g/mol. The van der Waals surface area contributed by atoms with Gasteiger partial charge in [-0.25, -0.2) is 0 Å². The van der Waals surface area contributed by atoms with Gasteiger partial charge in [-0.2, -0.15) is 0 Å². The molecule has 2 aromatic rings. The lowest BCUT2D eigenvalue weighted by Crippen LogP contribution is -2.39. The van der Waals surface area contributed by atoms with E-state index in [1.807, 2.05) is 30.3 Å². The minimum atomic E-state index is -0.275. The van der Waals surface area contributed by atoms with E-state index < -0.39 is 0 Å². The van der Waals surface area contributed by atoms with Gasteiger partial charge in [0.2, 0.25) is 11.8 Å². The van der Waals surface area contributed by atoms with E-state index in [1.165, 1.54) is 43.5 Å². The number of benzene rings is 1. The van der Waals surface area contributed by atoms with Crippen LogP contribution >= 0.6 is 0 Å². The van der Waals surface area contributed by atoms with Crippen molar-refractivity contribution in [1.82, 2.24) is 9.47 Å². The number of carbonyl (C=O) groups excluding carboxylic acids is 2. The highest BCUT2D eigenvalue weighted by Crippen LogP contribution is 2.32. The normalized spacial score (nSPS) is 19.9. The molecule has 6 nitrogen and oxygen atoms in total. The molecular weight excluding hydrogens is 412 g/mol. The average molecular weight is 449 g/mol. The van der Waals surface area contributed by atoms with Gasteiger partial charge in [0.05, 0.1) is 6.04 Å². The van der Waals surface area contributed by atoms with Crippen LogP contribution in [0.1, 0.15) is 73.5 Å². The maximum atomic E-state index is 12.8. The number of aryl methyl sites for hydroxylation is 1. The van der Waals surface area contributed by atoms with Crippen LogP contribution in [0.4, 0.5) is 5.69 Å². The van der Waals surface area contributed by atoms with Gasteiger partial charge in [-0.3, -0.25) is 14.5 Å². The second-order valence-electron chi connectivity index (χ2n) is 9.50. The number of hydrogen-bond acceptors (Lipinski definition) is 3. The smallest absolute Gasteiger partial charge is 0.248 e. The molecule has 1 aliphatic heterocycles. The van der Waals surface area contributed by atoms with Crippen molar-refractivity contribution < 1.29 is 9.59 Å². The highest BCUT2D eigenvalue weighted by atomic mass is 16.2. The first-order valence-corrected chi connectivity index (χ1v) is 12.2. The van der Waals surface area contributed by atoms with Crippen molar-refractivity contribution in [3.05, 3.63) is 58.9 Å². The molecule has 1 saturated carbocycles. The molecular formula is C27H36N4O2. The first kappa shape index (κ1) is 23.3. The molecule has 0 bridgehead atoms. The third kappa shape index (κ3) is 5.38. The van der Waals surface area contributed by atoms with Crippen molar-refractivity contribution in [3.8, 4) is 0 Å². The van der Waals surface area contributed by atoms with Gasteiger partial charge in [-0.15, -0.1) is 0 Å². The lowest BCUT2D eigenvalue weighted by molar-refractivity contribution is -0.122. The number of hydrogen-bond donors (Lipinski definition) is 2. The molecule has 2 heterocycles. The van der Waals surface area contributed by atoms with Crippen LogP contribution in [0.3, 0.4) is 0 Å². The minimum Gasteiger partial charge on any atom is -0.368 e. The van der Waals surface area contributed by atoms with Gasteiger partial charge in [0, 0.05) is 35.7 Å². The van der Waals surface area contributed by atoms with E-state index in [9.17, 15) is 9.59 Å². The summed E-state index contributed by atoms with van der Waals surface area (Å²) in [6.45, 7) is 5.75. The van der Waals surface area contributed by atoms with Crippen LogP contribution in [0.5, 0.6) is 0 Å². The minimum absolute atomic E-state index is 0.155. The van der Waals surface area contributed by atoms with E-state index in [1.54, 1.807) is 6.08 Å². The quantitative estimate of drug-likeness (QED) is 0.602. The van der Waals surface area contributed by atoms with Crippen LogP contribution < -0.4 is 11.1 Å². The zero-order valence-corrected chi connectivity index (χ0v) is 19.8. The zero-order chi connectivity index (χ0) is 23.4. The van der Waals surface area contributed by atoms with E-state index in [0.29, 0.717) is 12.6 Å². The lowest BCUT2D eigenvalue weighted by Gasteiger charge is -2.26. The number of primary amides is 1. The first-order valence-electron chi connectivity index (χ1n) is 12.2. The van der Waals surface area contributed by atoms with Gasteiger partial charge < -0.3 is 15.6 Å². The first-order chi connectivity index (χ1) is 15.9. The highest BCUT2D eigenvalue weighted by molar-refractivity contribution is 6.02. The van der Waals surface area contributed by atoms with Crippen molar-refractivity contribution in [2.24, 2.45) is 5.73 Å². The Kier molecular flexibility index (Phi) is 7.33. The predicted octanol–water partition coefficient (Wildman–Crippen LogP) is 4.71. The summed E-state index contributed by atoms with van der Waals surface area (Å²) in [7, 11) is 0. The molecule has 2 fully saturated rings. The Bertz CT molecular complexity index is 1030. The molecule has 1 unspecified atom stereocenters. The molecule has 0 radical (unpaired) electrons. The number of para-hydroxylation sites is 1. The highest BCUT2D eigenvalue weighted by Gasteiger charge is 2.29. The number of anilines is 1. The molecule has 1 saturated heterocycles. The van der Waals surface area contributed by atoms with Crippen molar-refractivity contribution in [1.29, 1.82) is 0 Å². The second-order valence-corrected chi connectivity index (χ2v) is 9.50. The van der Waals surface area contributed by atoms with Gasteiger partial charge >= 0.3 is 0 Å². The summed E-state index contributed by atoms with van der Waals surface area (Å²) >= 11 is 0. The summed E-state index contributed by atoms with van der Waals surface area (Å²) in [4.78, 5) is 26.6. The summed E-state index contributed by atoms with van der Waals surface area (Å²) in [6, 6.07) is 10.3. The SMILES string of the molecule is Cc1cc(/C=C/C(=O)Nc2ccccc2CN2CCCC2C(N)=O)c(C)n1C1CCCCC1. The molecule has 33 heavy (non-hydrogen) atoms. The number of aromatic nitrogens is 1. The molecule has 4 rings (SSSR count). The Labute approximate surface area is 196 Å². The fraction of sp³-hybridized carbons (Fsp3) is 0.481. The summed E-state index contributed by atoms with van der Waals surface area (Å²) in [5.41, 5.74) is 10.9. The van der Waals surface area contributed by atoms with Gasteiger partial charge in [-0.05, 0) is 75.4 Å². The topological polar surface area (TPSA) is 80.4 Å². The molecule has 2 amide bonds. The molecule has 6 heteroatoms. The third-order valence-corrected chi connectivity index (χ3v) is 7.22. The van der Waals surface area contributed by atoms with Crippen LogP contribution in [-0.2, 0) is 16.1 Å². The number of rotatable bonds is 7. The van der Waals surface area contributed by atoms with E-state index in [-0.39, 0.29) is 17.9 Å². The largest absolute Gasteiger partial charge is 0.368 e. The molecule has 1 aromatic carbocycles. The Balaban J connectivity index is 1.44. The Morgan fingerprint density at radius 1 is 1.09 bits per heavy atom. The lowest BCUT2D eigenvalue weighted by atomic mass is 9.95. The number of nitrogens with one attached hydrogen (secondary N) is 1. The van der Waals surface area contributed by atoms with Gasteiger partial charge in [0.1, 0.15) is 0 Å².